The number of thiophene rings is 1. The van der Waals surface area contributed by atoms with Crippen LogP contribution in [0.15, 0.2) is 35.0 Å². The first-order valence-electron chi connectivity index (χ1n) is 7.41. The number of carbonyl (C=O) groups excluding carboxylic acids is 1. The smallest absolute Gasteiger partial charge is 0.251 e. The Morgan fingerprint density at radius 1 is 1.22 bits per heavy atom. The average molecular weight is 347 g/mol. The predicted octanol–water partition coefficient (Wildman–Crippen LogP) is 3.04. The maximum atomic E-state index is 12.2. The molecule has 23 heavy (non-hydrogen) atoms. The van der Waals surface area contributed by atoms with E-state index in [0.717, 1.165) is 29.2 Å². The van der Waals surface area contributed by atoms with Crippen molar-refractivity contribution in [3.8, 4) is 0 Å². The summed E-state index contributed by atoms with van der Waals surface area (Å²) in [6.07, 6.45) is 1.52. The van der Waals surface area contributed by atoms with Crippen LogP contribution in [0.1, 0.15) is 34.7 Å². The standard InChI is InChI=1S/C16H17N3O2S2/c20-7-4-11(13-5-8-22-10-13)3-6-17-16(21)12-1-2-14-15(9-12)19-23-18-14/h1-2,5,8-11,20H,3-4,6-7H2,(H,17,21)/t11-/m1/s1. The fourth-order valence-corrected chi connectivity index (χ4v) is 3.79. The second-order valence-electron chi connectivity index (χ2n) is 5.28. The van der Waals surface area contributed by atoms with Crippen LogP contribution in [0.4, 0.5) is 0 Å². The third-order valence-electron chi connectivity index (χ3n) is 3.79. The molecular weight excluding hydrogens is 330 g/mol. The van der Waals surface area contributed by atoms with Gasteiger partial charge in [0.2, 0.25) is 0 Å². The fraction of sp³-hybridized carbons (Fsp3) is 0.312. The van der Waals surface area contributed by atoms with Crippen molar-refractivity contribution >= 4 is 40.0 Å². The van der Waals surface area contributed by atoms with Crippen LogP contribution in [-0.2, 0) is 0 Å². The Balaban J connectivity index is 1.57. The Hall–Kier alpha value is -1.83. The molecule has 2 aromatic heterocycles. The molecule has 1 atom stereocenters. The van der Waals surface area contributed by atoms with Gasteiger partial charge in [0.15, 0.2) is 0 Å². The highest BCUT2D eigenvalue weighted by atomic mass is 32.1. The molecule has 0 unspecified atom stereocenters. The lowest BCUT2D eigenvalue weighted by Gasteiger charge is -2.15. The Labute approximate surface area is 142 Å². The number of aliphatic hydroxyl groups excluding tert-OH is 1. The van der Waals surface area contributed by atoms with E-state index in [0.29, 0.717) is 18.5 Å². The molecule has 0 bridgehead atoms. The largest absolute Gasteiger partial charge is 0.396 e. The summed E-state index contributed by atoms with van der Waals surface area (Å²) in [5, 5.41) is 16.3. The van der Waals surface area contributed by atoms with Crippen LogP contribution in [0, 0.1) is 0 Å². The summed E-state index contributed by atoms with van der Waals surface area (Å²) in [6.45, 7) is 0.731. The van der Waals surface area contributed by atoms with E-state index in [1.165, 1.54) is 5.56 Å². The Bertz CT molecular complexity index is 771. The van der Waals surface area contributed by atoms with Crippen LogP contribution in [0.25, 0.3) is 11.0 Å². The molecule has 2 N–H and O–H groups in total. The van der Waals surface area contributed by atoms with Crippen LogP contribution >= 0.6 is 23.1 Å². The first-order chi connectivity index (χ1) is 11.3. The van der Waals surface area contributed by atoms with E-state index in [2.05, 4.69) is 25.5 Å². The minimum Gasteiger partial charge on any atom is -0.396 e. The van der Waals surface area contributed by atoms with Gasteiger partial charge in [-0.3, -0.25) is 4.79 Å². The van der Waals surface area contributed by atoms with Crippen LogP contribution in [0.5, 0.6) is 0 Å². The van der Waals surface area contributed by atoms with Crippen molar-refractivity contribution in [2.24, 2.45) is 0 Å². The number of amides is 1. The van der Waals surface area contributed by atoms with Crippen LogP contribution in [0.3, 0.4) is 0 Å². The molecule has 0 aliphatic rings. The number of aromatic nitrogens is 2. The summed E-state index contributed by atoms with van der Waals surface area (Å²) >= 11 is 2.80. The van der Waals surface area contributed by atoms with E-state index in [1.54, 1.807) is 23.5 Å². The number of hydrogen-bond donors (Lipinski definition) is 2. The Kier molecular flexibility index (Phi) is 5.32. The van der Waals surface area contributed by atoms with Crippen LogP contribution < -0.4 is 5.32 Å². The highest BCUT2D eigenvalue weighted by molar-refractivity contribution is 7.08. The first-order valence-corrected chi connectivity index (χ1v) is 9.08. The summed E-state index contributed by atoms with van der Waals surface area (Å²) in [4.78, 5) is 12.2. The van der Waals surface area contributed by atoms with Gasteiger partial charge in [-0.2, -0.15) is 20.1 Å². The number of hydrogen-bond acceptors (Lipinski definition) is 6. The molecule has 0 aliphatic heterocycles. The second-order valence-corrected chi connectivity index (χ2v) is 6.59. The molecule has 0 saturated carbocycles. The fourth-order valence-electron chi connectivity index (χ4n) is 2.53. The third-order valence-corrected chi connectivity index (χ3v) is 5.04. The molecule has 7 heteroatoms. The number of carbonyl (C=O) groups is 1. The van der Waals surface area contributed by atoms with Crippen molar-refractivity contribution in [2.75, 3.05) is 13.2 Å². The normalized spacial score (nSPS) is 12.4. The van der Waals surface area contributed by atoms with Crippen LogP contribution in [-0.4, -0.2) is 32.9 Å². The molecule has 3 rings (SSSR count). The number of benzene rings is 1. The molecule has 0 fully saturated rings. The topological polar surface area (TPSA) is 75.1 Å². The zero-order valence-corrected chi connectivity index (χ0v) is 14.1. The maximum Gasteiger partial charge on any atom is 0.251 e. The SMILES string of the molecule is O=C(NCC[C@H](CCO)c1ccsc1)c1ccc2nsnc2c1. The first kappa shape index (κ1) is 16.0. The van der Waals surface area contributed by atoms with E-state index in [-0.39, 0.29) is 18.4 Å². The molecule has 1 amide bonds. The molecule has 0 radical (unpaired) electrons. The van der Waals surface area contributed by atoms with Gasteiger partial charge in [0.25, 0.3) is 5.91 Å². The van der Waals surface area contributed by atoms with Crippen molar-refractivity contribution in [3.63, 3.8) is 0 Å². The lowest BCUT2D eigenvalue weighted by molar-refractivity contribution is 0.0952. The number of nitrogens with zero attached hydrogens (tertiary/aromatic N) is 2. The molecule has 5 nitrogen and oxygen atoms in total. The minimum atomic E-state index is -0.104. The molecule has 2 heterocycles. The van der Waals surface area contributed by atoms with Gasteiger partial charge in [-0.05, 0) is 59.3 Å². The molecular formula is C16H17N3O2S2. The monoisotopic (exact) mass is 347 g/mol. The quantitative estimate of drug-likeness (QED) is 0.689. The third kappa shape index (κ3) is 3.93. The van der Waals surface area contributed by atoms with Gasteiger partial charge in [-0.25, -0.2) is 0 Å². The molecule has 0 aliphatic carbocycles. The van der Waals surface area contributed by atoms with E-state index < -0.39 is 0 Å². The Morgan fingerprint density at radius 2 is 2.09 bits per heavy atom. The van der Waals surface area contributed by atoms with Crippen molar-refractivity contribution in [2.45, 2.75) is 18.8 Å². The number of rotatable bonds is 7. The van der Waals surface area contributed by atoms with Gasteiger partial charge in [-0.1, -0.05) is 0 Å². The summed E-state index contributed by atoms with van der Waals surface area (Å²) in [5.74, 6) is 0.171. The zero-order valence-electron chi connectivity index (χ0n) is 12.4. The molecule has 3 aromatic rings. The summed E-state index contributed by atoms with van der Waals surface area (Å²) < 4.78 is 8.28. The molecule has 0 spiro atoms. The van der Waals surface area contributed by atoms with Gasteiger partial charge in [0.05, 0.1) is 11.7 Å². The zero-order chi connectivity index (χ0) is 16.1. The van der Waals surface area contributed by atoms with Gasteiger partial charge >= 0.3 is 0 Å². The van der Waals surface area contributed by atoms with E-state index >= 15 is 0 Å². The van der Waals surface area contributed by atoms with E-state index in [4.69, 9.17) is 0 Å². The average Bonchev–Trinajstić information content (AvgIpc) is 3.24. The minimum absolute atomic E-state index is 0.104. The molecule has 1 aromatic carbocycles. The van der Waals surface area contributed by atoms with Crippen molar-refractivity contribution in [3.05, 3.63) is 46.2 Å². The lowest BCUT2D eigenvalue weighted by Crippen LogP contribution is -2.25. The highest BCUT2D eigenvalue weighted by Gasteiger charge is 2.13. The molecule has 0 saturated heterocycles. The maximum absolute atomic E-state index is 12.2. The highest BCUT2D eigenvalue weighted by Crippen LogP contribution is 2.24. The van der Waals surface area contributed by atoms with Gasteiger partial charge < -0.3 is 10.4 Å². The number of fused-ring (bicyclic) bond motifs is 1. The van der Waals surface area contributed by atoms with E-state index in [1.807, 2.05) is 11.4 Å². The number of aliphatic hydroxyl groups is 1. The lowest BCUT2D eigenvalue weighted by atomic mass is 9.95. The summed E-state index contributed by atoms with van der Waals surface area (Å²) in [7, 11) is 0. The van der Waals surface area contributed by atoms with E-state index in [9.17, 15) is 9.90 Å². The molecule has 120 valence electrons. The van der Waals surface area contributed by atoms with Crippen molar-refractivity contribution in [1.82, 2.24) is 14.1 Å². The van der Waals surface area contributed by atoms with Gasteiger partial charge in [0, 0.05) is 18.7 Å². The summed E-state index contributed by atoms with van der Waals surface area (Å²) in [5.41, 5.74) is 3.39. The summed E-state index contributed by atoms with van der Waals surface area (Å²) in [6, 6.07) is 7.42. The van der Waals surface area contributed by atoms with Gasteiger partial charge in [-0.15, -0.1) is 0 Å². The number of nitrogens with one attached hydrogen (secondary N) is 1. The van der Waals surface area contributed by atoms with Crippen molar-refractivity contribution in [1.29, 1.82) is 0 Å². The van der Waals surface area contributed by atoms with Crippen molar-refractivity contribution < 1.29 is 9.90 Å². The second kappa shape index (κ2) is 7.63. The van der Waals surface area contributed by atoms with Crippen LogP contribution in [0.2, 0.25) is 0 Å². The van der Waals surface area contributed by atoms with Gasteiger partial charge in [0.1, 0.15) is 11.0 Å². The Morgan fingerprint density at radius 3 is 2.87 bits per heavy atom. The predicted molar refractivity (Wildman–Crippen MR) is 93.1 cm³/mol.